The molecule has 0 fully saturated rings. The number of amides is 1. The van der Waals surface area contributed by atoms with E-state index in [0.717, 1.165) is 4.47 Å². The minimum Gasteiger partial charge on any atom is -0.507 e. The van der Waals surface area contributed by atoms with Crippen LogP contribution < -0.4 is 14.9 Å². The monoisotopic (exact) mass is 406 g/mol. The number of ether oxygens (including phenoxy) is 2. The van der Waals surface area contributed by atoms with Gasteiger partial charge in [0, 0.05) is 10.0 Å². The van der Waals surface area contributed by atoms with Gasteiger partial charge in [0.1, 0.15) is 17.2 Å². The van der Waals surface area contributed by atoms with Crippen LogP contribution in [0.5, 0.6) is 17.2 Å². The molecule has 0 bridgehead atoms. The van der Waals surface area contributed by atoms with Gasteiger partial charge in [0.2, 0.25) is 0 Å². The Morgan fingerprint density at radius 2 is 2.04 bits per heavy atom. The summed E-state index contributed by atoms with van der Waals surface area (Å²) in [7, 11) is 1.53. The average Bonchev–Trinajstić information content (AvgIpc) is 2.57. The molecule has 0 aliphatic carbocycles. The Bertz CT molecular complexity index is 791. The quantitative estimate of drug-likeness (QED) is 0.565. The Kier molecular flexibility index (Phi) is 6.41. The maximum Gasteiger partial charge on any atom is 0.275 e. The summed E-state index contributed by atoms with van der Waals surface area (Å²) in [6.07, 6.45) is 1.28. The van der Waals surface area contributed by atoms with Gasteiger partial charge in [-0.2, -0.15) is 5.10 Å². The van der Waals surface area contributed by atoms with Gasteiger partial charge in [0.05, 0.1) is 25.0 Å². The molecule has 0 aromatic heterocycles. The summed E-state index contributed by atoms with van der Waals surface area (Å²) < 4.78 is 11.5. The maximum absolute atomic E-state index is 12.4. The number of halogens is 1. The lowest BCUT2D eigenvalue weighted by Gasteiger charge is -2.13. The summed E-state index contributed by atoms with van der Waals surface area (Å²) in [5.41, 5.74) is 3.21. The van der Waals surface area contributed by atoms with E-state index in [0.29, 0.717) is 22.6 Å². The van der Waals surface area contributed by atoms with E-state index in [1.807, 2.05) is 13.8 Å². The van der Waals surface area contributed by atoms with Gasteiger partial charge in [-0.3, -0.25) is 4.79 Å². The Morgan fingerprint density at radius 1 is 1.28 bits per heavy atom. The number of hydrogen-bond acceptors (Lipinski definition) is 5. The molecule has 0 aliphatic heterocycles. The molecule has 132 valence electrons. The van der Waals surface area contributed by atoms with Crippen LogP contribution in [0.25, 0.3) is 0 Å². The van der Waals surface area contributed by atoms with E-state index >= 15 is 0 Å². The van der Waals surface area contributed by atoms with E-state index in [2.05, 4.69) is 26.5 Å². The fourth-order valence-corrected chi connectivity index (χ4v) is 2.38. The molecular weight excluding hydrogens is 388 g/mol. The van der Waals surface area contributed by atoms with Crippen molar-refractivity contribution in [3.63, 3.8) is 0 Å². The number of methoxy groups -OCH3 is 1. The molecule has 0 saturated heterocycles. The minimum atomic E-state index is -0.421. The Balaban J connectivity index is 2.16. The van der Waals surface area contributed by atoms with Gasteiger partial charge in [0.25, 0.3) is 5.91 Å². The van der Waals surface area contributed by atoms with Crippen LogP contribution in [-0.4, -0.2) is 30.4 Å². The number of hydrazone groups is 1. The van der Waals surface area contributed by atoms with Gasteiger partial charge in [-0.1, -0.05) is 15.9 Å². The first-order chi connectivity index (χ1) is 11.9. The van der Waals surface area contributed by atoms with E-state index in [1.54, 1.807) is 30.3 Å². The summed E-state index contributed by atoms with van der Waals surface area (Å²) in [4.78, 5) is 12.4. The van der Waals surface area contributed by atoms with E-state index < -0.39 is 5.91 Å². The number of nitrogens with one attached hydrogen (secondary N) is 1. The molecule has 1 amide bonds. The van der Waals surface area contributed by atoms with Crippen molar-refractivity contribution in [2.24, 2.45) is 5.10 Å². The highest BCUT2D eigenvalue weighted by molar-refractivity contribution is 9.10. The molecular formula is C18H19BrN2O4. The number of hydrogen-bond donors (Lipinski definition) is 2. The lowest BCUT2D eigenvalue weighted by Crippen LogP contribution is -2.20. The Labute approximate surface area is 154 Å². The Morgan fingerprint density at radius 3 is 2.72 bits per heavy atom. The first kappa shape index (κ1) is 18.8. The molecule has 0 spiro atoms. The Hall–Kier alpha value is -2.54. The largest absolute Gasteiger partial charge is 0.507 e. The number of phenolic OH excluding ortho intramolecular Hbond substituents is 1. The molecule has 6 nitrogen and oxygen atoms in total. The lowest BCUT2D eigenvalue weighted by atomic mass is 10.2. The second-order valence-corrected chi connectivity index (χ2v) is 6.35. The first-order valence-electron chi connectivity index (χ1n) is 7.57. The van der Waals surface area contributed by atoms with Crippen molar-refractivity contribution >= 4 is 28.1 Å². The molecule has 25 heavy (non-hydrogen) atoms. The van der Waals surface area contributed by atoms with Crippen LogP contribution in [0, 0.1) is 0 Å². The summed E-state index contributed by atoms with van der Waals surface area (Å²) >= 11 is 3.34. The standard InChI is InChI=1S/C18H19BrN2O4/c1-11(2)25-17-7-4-13(19)9-15(17)18(23)21-20-10-12-8-14(24-3)5-6-16(12)22/h4-11,22H,1-3H3,(H,21,23)/b20-10+. The topological polar surface area (TPSA) is 80.2 Å². The third-order valence-electron chi connectivity index (χ3n) is 3.15. The molecule has 7 heteroatoms. The fourth-order valence-electron chi connectivity index (χ4n) is 2.02. The zero-order valence-electron chi connectivity index (χ0n) is 14.1. The third kappa shape index (κ3) is 5.22. The van der Waals surface area contributed by atoms with Crippen LogP contribution >= 0.6 is 15.9 Å². The molecule has 2 rings (SSSR count). The second kappa shape index (κ2) is 8.53. The van der Waals surface area contributed by atoms with Crippen molar-refractivity contribution in [2.45, 2.75) is 20.0 Å². The summed E-state index contributed by atoms with van der Waals surface area (Å²) in [5.74, 6) is 0.654. The molecule has 0 radical (unpaired) electrons. The molecule has 0 unspecified atom stereocenters. The predicted octanol–water partition coefficient (Wildman–Crippen LogP) is 3.71. The van der Waals surface area contributed by atoms with Gasteiger partial charge < -0.3 is 14.6 Å². The second-order valence-electron chi connectivity index (χ2n) is 5.43. The van der Waals surface area contributed by atoms with Crippen molar-refractivity contribution < 1.29 is 19.4 Å². The summed E-state index contributed by atoms with van der Waals surface area (Å²) in [6.45, 7) is 3.76. The number of nitrogens with zero attached hydrogens (tertiary/aromatic N) is 1. The first-order valence-corrected chi connectivity index (χ1v) is 8.36. The maximum atomic E-state index is 12.4. The van der Waals surface area contributed by atoms with Crippen LogP contribution in [0.4, 0.5) is 0 Å². The van der Waals surface area contributed by atoms with Gasteiger partial charge >= 0.3 is 0 Å². The van der Waals surface area contributed by atoms with Gasteiger partial charge in [-0.05, 0) is 50.2 Å². The van der Waals surface area contributed by atoms with Gasteiger partial charge in [0.15, 0.2) is 0 Å². The van der Waals surface area contributed by atoms with E-state index in [4.69, 9.17) is 9.47 Å². The van der Waals surface area contributed by atoms with Gasteiger partial charge in [-0.15, -0.1) is 0 Å². The SMILES string of the molecule is COc1ccc(O)c(/C=N/NC(=O)c2cc(Br)ccc2OC(C)C)c1. The zero-order chi connectivity index (χ0) is 18.4. The average molecular weight is 407 g/mol. The van der Waals surface area contributed by atoms with Crippen molar-refractivity contribution in [3.05, 3.63) is 52.0 Å². The lowest BCUT2D eigenvalue weighted by molar-refractivity contribution is 0.0949. The normalized spacial score (nSPS) is 10.9. The molecule has 0 heterocycles. The predicted molar refractivity (Wildman–Crippen MR) is 99.6 cm³/mol. The highest BCUT2D eigenvalue weighted by Gasteiger charge is 2.14. The van der Waals surface area contributed by atoms with Crippen LogP contribution in [-0.2, 0) is 0 Å². The molecule has 0 saturated carbocycles. The molecule has 2 aromatic rings. The van der Waals surface area contributed by atoms with Crippen molar-refractivity contribution in [1.82, 2.24) is 5.43 Å². The van der Waals surface area contributed by atoms with Gasteiger partial charge in [-0.25, -0.2) is 5.43 Å². The van der Waals surface area contributed by atoms with E-state index in [9.17, 15) is 9.90 Å². The fraction of sp³-hybridized carbons (Fsp3) is 0.222. The van der Waals surface area contributed by atoms with Crippen LogP contribution in [0.3, 0.4) is 0 Å². The molecule has 0 aliphatic rings. The zero-order valence-corrected chi connectivity index (χ0v) is 15.7. The summed E-state index contributed by atoms with van der Waals surface area (Å²) in [5, 5.41) is 13.7. The van der Waals surface area contributed by atoms with Crippen molar-refractivity contribution in [1.29, 1.82) is 0 Å². The molecule has 0 atom stereocenters. The van der Waals surface area contributed by atoms with Crippen LogP contribution in [0.15, 0.2) is 46.0 Å². The minimum absolute atomic E-state index is 0.0325. The molecule has 2 N–H and O–H groups in total. The van der Waals surface area contributed by atoms with Crippen LogP contribution in [0.2, 0.25) is 0 Å². The highest BCUT2D eigenvalue weighted by Crippen LogP contribution is 2.24. The van der Waals surface area contributed by atoms with Crippen molar-refractivity contribution in [3.8, 4) is 17.2 Å². The van der Waals surface area contributed by atoms with E-state index in [-0.39, 0.29) is 11.9 Å². The third-order valence-corrected chi connectivity index (χ3v) is 3.65. The van der Waals surface area contributed by atoms with Crippen molar-refractivity contribution in [2.75, 3.05) is 7.11 Å². The number of benzene rings is 2. The number of carbonyl (C=O) groups excluding carboxylic acids is 1. The number of rotatable bonds is 6. The van der Waals surface area contributed by atoms with E-state index in [1.165, 1.54) is 19.4 Å². The smallest absolute Gasteiger partial charge is 0.275 e. The van der Waals surface area contributed by atoms with Crippen LogP contribution in [0.1, 0.15) is 29.8 Å². The molecule has 2 aromatic carbocycles. The highest BCUT2D eigenvalue weighted by atomic mass is 79.9. The number of carbonyl (C=O) groups is 1. The number of aromatic hydroxyl groups is 1. The number of phenols is 1. The summed E-state index contributed by atoms with van der Waals surface area (Å²) in [6, 6.07) is 9.90.